The van der Waals surface area contributed by atoms with Crippen LogP contribution >= 0.6 is 0 Å². The summed E-state index contributed by atoms with van der Waals surface area (Å²) >= 11 is 0. The minimum absolute atomic E-state index is 0.626. The zero-order valence-electron chi connectivity index (χ0n) is 11.6. The van der Waals surface area contributed by atoms with E-state index in [2.05, 4.69) is 11.1 Å². The van der Waals surface area contributed by atoms with E-state index in [1.165, 1.54) is 0 Å². The number of nitrogens with zero attached hydrogens (tertiary/aromatic N) is 3. The standard InChI is InChI=1S/C17H14N4/c1-21(15-7-3-2-5-12(15)11-18)16-9-8-14(19)13-6-4-10-20-17(13)16/h2-10H,19H2,1H3. The molecule has 3 rings (SSSR count). The summed E-state index contributed by atoms with van der Waals surface area (Å²) in [4.78, 5) is 6.41. The third kappa shape index (κ3) is 2.15. The number of anilines is 3. The molecule has 4 heteroatoms. The number of para-hydroxylation sites is 1. The molecule has 21 heavy (non-hydrogen) atoms. The van der Waals surface area contributed by atoms with Gasteiger partial charge in [0.25, 0.3) is 0 Å². The molecular formula is C17H14N4. The largest absolute Gasteiger partial charge is 0.398 e. The van der Waals surface area contributed by atoms with Crippen molar-refractivity contribution in [3.05, 3.63) is 60.3 Å². The second-order valence-corrected chi connectivity index (χ2v) is 4.76. The zero-order valence-corrected chi connectivity index (χ0v) is 11.6. The van der Waals surface area contributed by atoms with Gasteiger partial charge in [0, 0.05) is 24.3 Å². The quantitative estimate of drug-likeness (QED) is 0.727. The maximum Gasteiger partial charge on any atom is 0.101 e. The van der Waals surface area contributed by atoms with Crippen LogP contribution in [0.5, 0.6) is 0 Å². The number of hydrogen-bond donors (Lipinski definition) is 1. The first-order chi connectivity index (χ1) is 10.2. The predicted octanol–water partition coefficient (Wildman–Crippen LogP) is 3.46. The predicted molar refractivity (Wildman–Crippen MR) is 85.4 cm³/mol. The van der Waals surface area contributed by atoms with Crippen LogP contribution in [0.25, 0.3) is 10.9 Å². The second-order valence-electron chi connectivity index (χ2n) is 4.76. The summed E-state index contributed by atoms with van der Waals surface area (Å²) in [6.07, 6.45) is 1.75. The first kappa shape index (κ1) is 12.9. The molecule has 3 aromatic rings. The highest BCUT2D eigenvalue weighted by molar-refractivity contribution is 6.00. The number of pyridine rings is 1. The Kier molecular flexibility index (Phi) is 3.17. The minimum atomic E-state index is 0.626. The molecule has 0 atom stereocenters. The van der Waals surface area contributed by atoms with E-state index in [9.17, 15) is 5.26 Å². The van der Waals surface area contributed by atoms with Gasteiger partial charge in [-0.3, -0.25) is 4.98 Å². The van der Waals surface area contributed by atoms with Gasteiger partial charge in [-0.25, -0.2) is 0 Å². The average molecular weight is 274 g/mol. The maximum absolute atomic E-state index is 9.26. The lowest BCUT2D eigenvalue weighted by atomic mass is 10.1. The van der Waals surface area contributed by atoms with Crippen LogP contribution in [0.1, 0.15) is 5.56 Å². The van der Waals surface area contributed by atoms with Crippen LogP contribution in [0.3, 0.4) is 0 Å². The molecule has 0 radical (unpaired) electrons. The molecule has 2 aromatic carbocycles. The van der Waals surface area contributed by atoms with E-state index >= 15 is 0 Å². The van der Waals surface area contributed by atoms with Crippen LogP contribution in [-0.2, 0) is 0 Å². The van der Waals surface area contributed by atoms with Gasteiger partial charge in [-0.2, -0.15) is 5.26 Å². The third-order valence-corrected chi connectivity index (χ3v) is 3.53. The minimum Gasteiger partial charge on any atom is -0.398 e. The molecule has 4 nitrogen and oxygen atoms in total. The molecule has 0 bridgehead atoms. The van der Waals surface area contributed by atoms with Crippen molar-refractivity contribution in [2.45, 2.75) is 0 Å². The van der Waals surface area contributed by atoms with Crippen LogP contribution in [-0.4, -0.2) is 12.0 Å². The van der Waals surface area contributed by atoms with Crippen molar-refractivity contribution in [3.8, 4) is 6.07 Å². The molecule has 0 saturated heterocycles. The Morgan fingerprint density at radius 2 is 1.86 bits per heavy atom. The van der Waals surface area contributed by atoms with E-state index in [0.29, 0.717) is 11.3 Å². The Morgan fingerprint density at radius 1 is 1.05 bits per heavy atom. The van der Waals surface area contributed by atoms with Crippen molar-refractivity contribution in [2.24, 2.45) is 0 Å². The Bertz CT molecular complexity index is 849. The lowest BCUT2D eigenvalue weighted by Gasteiger charge is -2.22. The second kappa shape index (κ2) is 5.14. The third-order valence-electron chi connectivity index (χ3n) is 3.53. The van der Waals surface area contributed by atoms with E-state index in [0.717, 1.165) is 22.3 Å². The van der Waals surface area contributed by atoms with Crippen LogP contribution in [0.15, 0.2) is 54.7 Å². The van der Waals surface area contributed by atoms with Crippen molar-refractivity contribution in [3.63, 3.8) is 0 Å². The Labute approximate surface area is 123 Å². The number of nitrogen functional groups attached to an aromatic ring is 1. The van der Waals surface area contributed by atoms with Crippen molar-refractivity contribution < 1.29 is 0 Å². The maximum atomic E-state index is 9.26. The van der Waals surface area contributed by atoms with Gasteiger partial charge >= 0.3 is 0 Å². The molecule has 1 aromatic heterocycles. The number of nitrogens with two attached hydrogens (primary N) is 1. The van der Waals surface area contributed by atoms with Gasteiger partial charge in [-0.15, -0.1) is 0 Å². The Hall–Kier alpha value is -3.06. The van der Waals surface area contributed by atoms with Crippen LogP contribution < -0.4 is 10.6 Å². The molecule has 2 N–H and O–H groups in total. The zero-order chi connectivity index (χ0) is 14.8. The molecule has 1 heterocycles. The van der Waals surface area contributed by atoms with Gasteiger partial charge in [-0.05, 0) is 36.4 Å². The van der Waals surface area contributed by atoms with Gasteiger partial charge in [0.2, 0.25) is 0 Å². The lowest BCUT2D eigenvalue weighted by molar-refractivity contribution is 1.20. The molecule has 0 amide bonds. The summed E-state index contributed by atoms with van der Waals surface area (Å²) in [5.41, 5.74) is 9.92. The summed E-state index contributed by atoms with van der Waals surface area (Å²) in [7, 11) is 1.93. The lowest BCUT2D eigenvalue weighted by Crippen LogP contribution is -2.12. The van der Waals surface area contributed by atoms with Gasteiger partial charge in [-0.1, -0.05) is 12.1 Å². The van der Waals surface area contributed by atoms with Crippen molar-refractivity contribution in [1.82, 2.24) is 4.98 Å². The summed E-state index contributed by atoms with van der Waals surface area (Å²) in [6.45, 7) is 0. The van der Waals surface area contributed by atoms with E-state index < -0.39 is 0 Å². The summed E-state index contributed by atoms with van der Waals surface area (Å²) in [5.74, 6) is 0. The number of rotatable bonds is 2. The molecule has 102 valence electrons. The highest BCUT2D eigenvalue weighted by atomic mass is 15.1. The Morgan fingerprint density at radius 3 is 2.67 bits per heavy atom. The van der Waals surface area contributed by atoms with Gasteiger partial charge in [0.15, 0.2) is 0 Å². The van der Waals surface area contributed by atoms with Gasteiger partial charge in [0.05, 0.1) is 22.5 Å². The number of hydrogen-bond acceptors (Lipinski definition) is 4. The first-order valence-corrected chi connectivity index (χ1v) is 6.58. The molecule has 0 fully saturated rings. The summed E-state index contributed by atoms with van der Waals surface area (Å²) in [6, 6.07) is 17.3. The molecule has 0 aliphatic rings. The number of fused-ring (bicyclic) bond motifs is 1. The molecule has 0 saturated carbocycles. The number of nitriles is 1. The molecule has 0 aliphatic heterocycles. The fourth-order valence-corrected chi connectivity index (χ4v) is 2.44. The number of aromatic nitrogens is 1. The van der Waals surface area contributed by atoms with Gasteiger partial charge < -0.3 is 10.6 Å². The Balaban J connectivity index is 2.21. The van der Waals surface area contributed by atoms with E-state index in [-0.39, 0.29) is 0 Å². The van der Waals surface area contributed by atoms with Crippen molar-refractivity contribution >= 4 is 28.0 Å². The first-order valence-electron chi connectivity index (χ1n) is 6.58. The van der Waals surface area contributed by atoms with Gasteiger partial charge in [0.1, 0.15) is 6.07 Å². The molecular weight excluding hydrogens is 260 g/mol. The fourth-order valence-electron chi connectivity index (χ4n) is 2.44. The summed E-state index contributed by atoms with van der Waals surface area (Å²) < 4.78 is 0. The fraction of sp³-hybridized carbons (Fsp3) is 0.0588. The van der Waals surface area contributed by atoms with Crippen LogP contribution in [0, 0.1) is 11.3 Å². The molecule has 0 spiro atoms. The molecule has 0 unspecified atom stereocenters. The van der Waals surface area contributed by atoms with E-state index in [1.807, 2.05) is 54.4 Å². The monoisotopic (exact) mass is 274 g/mol. The topological polar surface area (TPSA) is 65.9 Å². The van der Waals surface area contributed by atoms with Crippen LogP contribution in [0.2, 0.25) is 0 Å². The number of benzene rings is 2. The highest BCUT2D eigenvalue weighted by Gasteiger charge is 2.13. The SMILES string of the molecule is CN(c1ccccc1C#N)c1ccc(N)c2cccnc12. The summed E-state index contributed by atoms with van der Waals surface area (Å²) in [5, 5.41) is 10.2. The smallest absolute Gasteiger partial charge is 0.101 e. The van der Waals surface area contributed by atoms with Crippen LogP contribution in [0.4, 0.5) is 17.1 Å². The average Bonchev–Trinajstić information content (AvgIpc) is 2.55. The van der Waals surface area contributed by atoms with Crippen molar-refractivity contribution in [2.75, 3.05) is 17.7 Å². The molecule has 0 aliphatic carbocycles. The normalized spacial score (nSPS) is 10.3. The van der Waals surface area contributed by atoms with E-state index in [4.69, 9.17) is 5.73 Å². The van der Waals surface area contributed by atoms with E-state index in [1.54, 1.807) is 12.3 Å². The highest BCUT2D eigenvalue weighted by Crippen LogP contribution is 2.33. The van der Waals surface area contributed by atoms with Crippen molar-refractivity contribution in [1.29, 1.82) is 5.26 Å².